The van der Waals surface area contributed by atoms with Crippen molar-refractivity contribution in [2.24, 2.45) is 5.41 Å². The minimum atomic E-state index is -0.606. The quantitative estimate of drug-likeness (QED) is 0.821. The van der Waals surface area contributed by atoms with Gasteiger partial charge < -0.3 is 4.74 Å². The first kappa shape index (κ1) is 14.5. The maximum Gasteiger partial charge on any atom is 0.163 e. The predicted octanol–water partition coefficient (Wildman–Crippen LogP) is 2.61. The van der Waals surface area contributed by atoms with E-state index in [2.05, 4.69) is 10.1 Å². The molecular formula is C14H16ClN3O2. The van der Waals surface area contributed by atoms with Crippen molar-refractivity contribution in [3.63, 3.8) is 0 Å². The topological polar surface area (TPSA) is 57.0 Å². The normalized spacial score (nSPS) is 11.3. The van der Waals surface area contributed by atoms with E-state index < -0.39 is 5.41 Å². The Morgan fingerprint density at radius 1 is 1.35 bits per heavy atom. The second-order valence-electron chi connectivity index (χ2n) is 5.14. The number of halogens is 1. The summed E-state index contributed by atoms with van der Waals surface area (Å²) < 4.78 is 7.15. The summed E-state index contributed by atoms with van der Waals surface area (Å²) in [4.78, 5) is 16.0. The summed E-state index contributed by atoms with van der Waals surface area (Å²) in [5, 5.41) is 4.58. The molecule has 0 aliphatic rings. The molecule has 5 nitrogen and oxygen atoms in total. The molecule has 0 atom stereocenters. The number of ether oxygens (including phenoxy) is 1. The van der Waals surface area contributed by atoms with E-state index in [1.165, 1.54) is 17.3 Å². The predicted molar refractivity (Wildman–Crippen MR) is 75.8 cm³/mol. The molecule has 0 radical (unpaired) electrons. The molecule has 2 rings (SSSR count). The van der Waals surface area contributed by atoms with Crippen LogP contribution in [0, 0.1) is 5.41 Å². The van der Waals surface area contributed by atoms with E-state index in [0.717, 1.165) is 0 Å². The number of nitrogens with zero attached hydrogens (tertiary/aromatic N) is 3. The van der Waals surface area contributed by atoms with E-state index in [1.54, 1.807) is 24.3 Å². The van der Waals surface area contributed by atoms with Gasteiger partial charge in [0.25, 0.3) is 0 Å². The van der Waals surface area contributed by atoms with Crippen molar-refractivity contribution in [2.45, 2.75) is 20.4 Å². The Morgan fingerprint density at radius 3 is 2.65 bits per heavy atom. The van der Waals surface area contributed by atoms with E-state index >= 15 is 0 Å². The average Bonchev–Trinajstić information content (AvgIpc) is 2.91. The lowest BCUT2D eigenvalue weighted by Crippen LogP contribution is -2.34. The van der Waals surface area contributed by atoms with Gasteiger partial charge in [-0.3, -0.25) is 4.79 Å². The molecule has 0 aliphatic heterocycles. The Labute approximate surface area is 122 Å². The molecule has 6 heteroatoms. The van der Waals surface area contributed by atoms with Crippen LogP contribution in [0.1, 0.15) is 13.8 Å². The van der Waals surface area contributed by atoms with Crippen LogP contribution in [-0.2, 0) is 11.3 Å². The van der Waals surface area contributed by atoms with Crippen LogP contribution in [-0.4, -0.2) is 27.2 Å². The average molecular weight is 294 g/mol. The fraction of sp³-hybridized carbons (Fsp3) is 0.357. The summed E-state index contributed by atoms with van der Waals surface area (Å²) in [7, 11) is 0. The van der Waals surface area contributed by atoms with Gasteiger partial charge in [-0.15, -0.1) is 0 Å². The van der Waals surface area contributed by atoms with Gasteiger partial charge in [0.1, 0.15) is 31.6 Å². The zero-order valence-corrected chi connectivity index (χ0v) is 12.2. The first-order valence-electron chi connectivity index (χ1n) is 6.21. The molecule has 0 N–H and O–H groups in total. The van der Waals surface area contributed by atoms with Gasteiger partial charge in [0.2, 0.25) is 0 Å². The smallest absolute Gasteiger partial charge is 0.163 e. The van der Waals surface area contributed by atoms with E-state index in [0.29, 0.717) is 17.4 Å². The van der Waals surface area contributed by atoms with Gasteiger partial charge in [0.15, 0.2) is 5.78 Å². The standard InChI is InChI=1S/C14H16ClN3O2/c1-14(2,13(19)7-18-10-16-9-17-18)8-20-12-5-3-11(15)4-6-12/h3-6,9-10H,7-8H2,1-2H3. The maximum absolute atomic E-state index is 12.2. The van der Waals surface area contributed by atoms with Crippen LogP contribution in [0.5, 0.6) is 5.75 Å². The van der Waals surface area contributed by atoms with Crippen molar-refractivity contribution < 1.29 is 9.53 Å². The van der Waals surface area contributed by atoms with Gasteiger partial charge in [0, 0.05) is 5.02 Å². The number of aromatic nitrogens is 3. The summed E-state index contributed by atoms with van der Waals surface area (Å²) in [6, 6.07) is 7.06. The Hall–Kier alpha value is -1.88. The number of hydrogen-bond acceptors (Lipinski definition) is 4. The zero-order valence-electron chi connectivity index (χ0n) is 11.4. The van der Waals surface area contributed by atoms with E-state index in [4.69, 9.17) is 16.3 Å². The molecule has 20 heavy (non-hydrogen) atoms. The number of ketones is 1. The van der Waals surface area contributed by atoms with Gasteiger partial charge in [-0.05, 0) is 38.1 Å². The minimum absolute atomic E-state index is 0.0389. The molecule has 0 saturated heterocycles. The Balaban J connectivity index is 1.92. The molecule has 0 bridgehead atoms. The van der Waals surface area contributed by atoms with Gasteiger partial charge in [-0.1, -0.05) is 11.6 Å². The van der Waals surface area contributed by atoms with Crippen LogP contribution >= 0.6 is 11.6 Å². The number of Topliss-reactive ketones (excluding diaryl/α,β-unsaturated/α-hetero) is 1. The van der Waals surface area contributed by atoms with Gasteiger partial charge in [-0.25, -0.2) is 9.67 Å². The van der Waals surface area contributed by atoms with Crippen molar-refractivity contribution in [1.29, 1.82) is 0 Å². The molecule has 0 fully saturated rings. The highest BCUT2D eigenvalue weighted by Gasteiger charge is 2.28. The molecule has 106 valence electrons. The Morgan fingerprint density at radius 2 is 2.05 bits per heavy atom. The van der Waals surface area contributed by atoms with Crippen molar-refractivity contribution >= 4 is 17.4 Å². The Kier molecular flexibility index (Phi) is 4.39. The molecule has 1 aromatic carbocycles. The van der Waals surface area contributed by atoms with Crippen molar-refractivity contribution in [3.8, 4) is 5.75 Å². The van der Waals surface area contributed by atoms with Crippen LogP contribution < -0.4 is 4.74 Å². The molecule has 0 saturated carbocycles. The molecule has 1 aromatic heterocycles. The highest BCUT2D eigenvalue weighted by atomic mass is 35.5. The SMILES string of the molecule is CC(C)(COc1ccc(Cl)cc1)C(=O)Cn1cncn1. The third-order valence-electron chi connectivity index (χ3n) is 2.94. The molecule has 0 spiro atoms. The highest BCUT2D eigenvalue weighted by molar-refractivity contribution is 6.30. The molecule has 2 aromatic rings. The lowest BCUT2D eigenvalue weighted by molar-refractivity contribution is -0.129. The first-order chi connectivity index (χ1) is 9.47. The highest BCUT2D eigenvalue weighted by Crippen LogP contribution is 2.21. The summed E-state index contributed by atoms with van der Waals surface area (Å²) in [5.74, 6) is 0.730. The van der Waals surface area contributed by atoms with Crippen LogP contribution in [0.2, 0.25) is 5.02 Å². The van der Waals surface area contributed by atoms with E-state index in [-0.39, 0.29) is 12.3 Å². The molecule has 0 unspecified atom stereocenters. The molecule has 0 aliphatic carbocycles. The van der Waals surface area contributed by atoms with Crippen LogP contribution in [0.3, 0.4) is 0 Å². The third-order valence-corrected chi connectivity index (χ3v) is 3.19. The van der Waals surface area contributed by atoms with Gasteiger partial charge in [0.05, 0.1) is 5.41 Å². The van der Waals surface area contributed by atoms with Crippen LogP contribution in [0.15, 0.2) is 36.9 Å². The summed E-state index contributed by atoms with van der Waals surface area (Å²) in [6.45, 7) is 4.18. The van der Waals surface area contributed by atoms with E-state index in [1.807, 2.05) is 13.8 Å². The lowest BCUT2D eigenvalue weighted by Gasteiger charge is -2.23. The monoisotopic (exact) mass is 293 g/mol. The largest absolute Gasteiger partial charge is 0.493 e. The number of carbonyl (C=O) groups excluding carboxylic acids is 1. The summed E-state index contributed by atoms with van der Waals surface area (Å²) in [6.07, 6.45) is 2.93. The zero-order chi connectivity index (χ0) is 14.6. The number of carbonyl (C=O) groups is 1. The van der Waals surface area contributed by atoms with Crippen LogP contribution in [0.4, 0.5) is 0 Å². The lowest BCUT2D eigenvalue weighted by atomic mass is 9.89. The van der Waals surface area contributed by atoms with Crippen molar-refractivity contribution in [1.82, 2.24) is 14.8 Å². The summed E-state index contributed by atoms with van der Waals surface area (Å²) >= 11 is 5.81. The minimum Gasteiger partial charge on any atom is -0.493 e. The van der Waals surface area contributed by atoms with Gasteiger partial charge >= 0.3 is 0 Å². The van der Waals surface area contributed by atoms with E-state index in [9.17, 15) is 4.79 Å². The number of hydrogen-bond donors (Lipinski definition) is 0. The number of rotatable bonds is 6. The third kappa shape index (κ3) is 3.81. The van der Waals surface area contributed by atoms with Crippen molar-refractivity contribution in [2.75, 3.05) is 6.61 Å². The Bertz CT molecular complexity index is 565. The van der Waals surface area contributed by atoms with Gasteiger partial charge in [-0.2, -0.15) is 5.10 Å². The fourth-order valence-electron chi connectivity index (χ4n) is 1.55. The first-order valence-corrected chi connectivity index (χ1v) is 6.59. The second kappa shape index (κ2) is 6.05. The summed E-state index contributed by atoms with van der Waals surface area (Å²) in [5.41, 5.74) is -0.606. The second-order valence-corrected chi connectivity index (χ2v) is 5.58. The fourth-order valence-corrected chi connectivity index (χ4v) is 1.68. The molecule has 1 heterocycles. The number of benzene rings is 1. The van der Waals surface area contributed by atoms with Crippen LogP contribution in [0.25, 0.3) is 0 Å². The van der Waals surface area contributed by atoms with Crippen molar-refractivity contribution in [3.05, 3.63) is 41.9 Å². The molecular weight excluding hydrogens is 278 g/mol. The molecule has 0 amide bonds. The maximum atomic E-state index is 12.2.